The van der Waals surface area contributed by atoms with Gasteiger partial charge in [-0.1, -0.05) is 0 Å². The number of likely N-dealkylation sites (N-methyl/N-ethyl adjacent to an activating group) is 2. The molecule has 1 unspecified atom stereocenters. The van der Waals surface area contributed by atoms with Crippen LogP contribution >= 0.6 is 0 Å². The zero-order valence-corrected chi connectivity index (χ0v) is 10.8. The van der Waals surface area contributed by atoms with Gasteiger partial charge in [0.2, 0.25) is 11.8 Å². The number of rotatable bonds is 4. The monoisotopic (exact) mass is 242 g/mol. The summed E-state index contributed by atoms with van der Waals surface area (Å²) in [6.45, 7) is 5.28. The molecule has 6 nitrogen and oxygen atoms in total. The maximum atomic E-state index is 11.9. The lowest BCUT2D eigenvalue weighted by Crippen LogP contribution is -2.51. The smallest absolute Gasteiger partial charge is 0.236 e. The molecule has 0 aromatic carbocycles. The van der Waals surface area contributed by atoms with Gasteiger partial charge >= 0.3 is 0 Å². The molecule has 17 heavy (non-hydrogen) atoms. The van der Waals surface area contributed by atoms with E-state index in [1.165, 1.54) is 0 Å². The Labute approximate surface area is 102 Å². The van der Waals surface area contributed by atoms with Crippen molar-refractivity contribution in [1.82, 2.24) is 20.4 Å². The Morgan fingerprint density at radius 1 is 1.41 bits per heavy atom. The summed E-state index contributed by atoms with van der Waals surface area (Å²) in [5, 5.41) is 5.78. The standard InChI is InChI=1S/C11H22N4O2/c1-9(11(17)12-2)14(3)8-10(16)15-6-4-13-5-7-15/h9,13H,4-8H2,1-3H3,(H,12,17). The van der Waals surface area contributed by atoms with E-state index in [1.807, 2.05) is 4.90 Å². The van der Waals surface area contributed by atoms with Crippen LogP contribution in [0.4, 0.5) is 0 Å². The maximum absolute atomic E-state index is 11.9. The molecule has 0 aliphatic carbocycles. The third kappa shape index (κ3) is 3.98. The first-order valence-electron chi connectivity index (χ1n) is 5.96. The van der Waals surface area contributed by atoms with Gasteiger partial charge in [-0.05, 0) is 14.0 Å². The third-order valence-electron chi connectivity index (χ3n) is 3.14. The number of carbonyl (C=O) groups excluding carboxylic acids is 2. The molecule has 0 saturated carbocycles. The molecule has 0 bridgehead atoms. The molecule has 1 rings (SSSR count). The molecule has 1 heterocycles. The first kappa shape index (κ1) is 13.9. The Bertz CT molecular complexity index is 277. The van der Waals surface area contributed by atoms with E-state index in [-0.39, 0.29) is 24.4 Å². The average Bonchev–Trinajstić information content (AvgIpc) is 2.37. The Kier molecular flexibility index (Phi) is 5.37. The molecule has 0 aromatic rings. The van der Waals surface area contributed by atoms with Crippen molar-refractivity contribution in [2.24, 2.45) is 0 Å². The third-order valence-corrected chi connectivity index (χ3v) is 3.14. The van der Waals surface area contributed by atoms with Crippen molar-refractivity contribution < 1.29 is 9.59 Å². The molecule has 1 aliphatic heterocycles. The van der Waals surface area contributed by atoms with Gasteiger partial charge in [0.1, 0.15) is 0 Å². The van der Waals surface area contributed by atoms with E-state index in [0.29, 0.717) is 0 Å². The summed E-state index contributed by atoms with van der Waals surface area (Å²) in [5.41, 5.74) is 0. The first-order valence-corrected chi connectivity index (χ1v) is 5.96. The van der Waals surface area contributed by atoms with Gasteiger partial charge in [0, 0.05) is 33.2 Å². The normalized spacial score (nSPS) is 18.0. The van der Waals surface area contributed by atoms with Crippen LogP contribution in [0.15, 0.2) is 0 Å². The fourth-order valence-corrected chi connectivity index (χ4v) is 1.77. The molecule has 0 radical (unpaired) electrons. The number of hydrogen-bond acceptors (Lipinski definition) is 4. The Balaban J connectivity index is 2.41. The summed E-state index contributed by atoms with van der Waals surface area (Å²) in [6.07, 6.45) is 0. The summed E-state index contributed by atoms with van der Waals surface area (Å²) in [6, 6.07) is -0.285. The fourth-order valence-electron chi connectivity index (χ4n) is 1.77. The van der Waals surface area contributed by atoms with E-state index in [1.54, 1.807) is 25.9 Å². The highest BCUT2D eigenvalue weighted by Gasteiger charge is 2.22. The lowest BCUT2D eigenvalue weighted by Gasteiger charge is -2.30. The summed E-state index contributed by atoms with van der Waals surface area (Å²) in [4.78, 5) is 27.0. The molecule has 2 N–H and O–H groups in total. The van der Waals surface area contributed by atoms with Crippen LogP contribution in [0.1, 0.15) is 6.92 Å². The zero-order chi connectivity index (χ0) is 12.8. The average molecular weight is 242 g/mol. The van der Waals surface area contributed by atoms with Crippen molar-refractivity contribution >= 4 is 11.8 Å². The molecule has 1 fully saturated rings. The van der Waals surface area contributed by atoms with Crippen LogP contribution in [0.5, 0.6) is 0 Å². The Hall–Kier alpha value is -1.14. The van der Waals surface area contributed by atoms with Gasteiger partial charge < -0.3 is 15.5 Å². The van der Waals surface area contributed by atoms with Gasteiger partial charge in [0.15, 0.2) is 0 Å². The van der Waals surface area contributed by atoms with E-state index < -0.39 is 0 Å². The van der Waals surface area contributed by atoms with Crippen molar-refractivity contribution in [3.63, 3.8) is 0 Å². The van der Waals surface area contributed by atoms with Gasteiger partial charge in [-0.3, -0.25) is 14.5 Å². The summed E-state index contributed by atoms with van der Waals surface area (Å²) in [7, 11) is 3.39. The van der Waals surface area contributed by atoms with Crippen molar-refractivity contribution in [2.45, 2.75) is 13.0 Å². The number of carbonyl (C=O) groups is 2. The molecule has 0 spiro atoms. The van der Waals surface area contributed by atoms with Crippen LogP contribution < -0.4 is 10.6 Å². The van der Waals surface area contributed by atoms with Crippen LogP contribution in [0.2, 0.25) is 0 Å². The highest BCUT2D eigenvalue weighted by Crippen LogP contribution is 1.99. The molecule has 2 amide bonds. The van der Waals surface area contributed by atoms with E-state index in [9.17, 15) is 9.59 Å². The summed E-state index contributed by atoms with van der Waals surface area (Å²) >= 11 is 0. The van der Waals surface area contributed by atoms with Gasteiger partial charge in [0.05, 0.1) is 12.6 Å². The zero-order valence-electron chi connectivity index (χ0n) is 10.8. The summed E-state index contributed by atoms with van der Waals surface area (Å²) in [5.74, 6) is 0.0189. The molecule has 1 aliphatic rings. The van der Waals surface area contributed by atoms with Crippen LogP contribution in [-0.4, -0.2) is 74.5 Å². The second-order valence-electron chi connectivity index (χ2n) is 4.34. The SMILES string of the molecule is CNC(=O)C(C)N(C)CC(=O)N1CCNCC1. The van der Waals surface area contributed by atoms with Gasteiger partial charge in [-0.2, -0.15) is 0 Å². The number of nitrogens with one attached hydrogen (secondary N) is 2. The largest absolute Gasteiger partial charge is 0.358 e. The van der Waals surface area contributed by atoms with Crippen molar-refractivity contribution in [2.75, 3.05) is 46.8 Å². The van der Waals surface area contributed by atoms with Gasteiger partial charge in [-0.25, -0.2) is 0 Å². The second-order valence-corrected chi connectivity index (χ2v) is 4.34. The number of hydrogen-bond donors (Lipinski definition) is 2. The predicted octanol–water partition coefficient (Wildman–Crippen LogP) is -1.52. The van der Waals surface area contributed by atoms with Crippen LogP contribution in [0, 0.1) is 0 Å². The lowest BCUT2D eigenvalue weighted by atomic mass is 10.2. The lowest BCUT2D eigenvalue weighted by molar-refractivity contribution is -0.134. The number of piperazine rings is 1. The first-order chi connectivity index (χ1) is 8.06. The van der Waals surface area contributed by atoms with Crippen LogP contribution in [0.25, 0.3) is 0 Å². The highest BCUT2D eigenvalue weighted by atomic mass is 16.2. The quantitative estimate of drug-likeness (QED) is 0.629. The van der Waals surface area contributed by atoms with Crippen LogP contribution in [-0.2, 0) is 9.59 Å². The summed E-state index contributed by atoms with van der Waals surface area (Å²) < 4.78 is 0. The number of amides is 2. The fraction of sp³-hybridized carbons (Fsp3) is 0.818. The molecular weight excluding hydrogens is 220 g/mol. The molecule has 98 valence electrons. The van der Waals surface area contributed by atoms with E-state index in [0.717, 1.165) is 26.2 Å². The van der Waals surface area contributed by atoms with E-state index >= 15 is 0 Å². The maximum Gasteiger partial charge on any atom is 0.236 e. The molecular formula is C11H22N4O2. The minimum Gasteiger partial charge on any atom is -0.358 e. The molecule has 1 atom stereocenters. The molecule has 0 aromatic heterocycles. The van der Waals surface area contributed by atoms with Crippen molar-refractivity contribution in [3.05, 3.63) is 0 Å². The Morgan fingerprint density at radius 2 is 2.00 bits per heavy atom. The second kappa shape index (κ2) is 6.56. The topological polar surface area (TPSA) is 64.7 Å². The molecule has 1 saturated heterocycles. The van der Waals surface area contributed by atoms with Gasteiger partial charge in [-0.15, -0.1) is 0 Å². The van der Waals surface area contributed by atoms with Crippen LogP contribution in [0.3, 0.4) is 0 Å². The Morgan fingerprint density at radius 3 is 2.53 bits per heavy atom. The predicted molar refractivity (Wildman–Crippen MR) is 65.6 cm³/mol. The minimum absolute atomic E-state index is 0.0689. The van der Waals surface area contributed by atoms with E-state index in [2.05, 4.69) is 10.6 Å². The minimum atomic E-state index is -0.285. The number of nitrogens with zero attached hydrogens (tertiary/aromatic N) is 2. The highest BCUT2D eigenvalue weighted by molar-refractivity contribution is 5.83. The van der Waals surface area contributed by atoms with Crippen molar-refractivity contribution in [3.8, 4) is 0 Å². The molecule has 6 heteroatoms. The van der Waals surface area contributed by atoms with Crippen molar-refractivity contribution in [1.29, 1.82) is 0 Å². The van der Waals surface area contributed by atoms with Gasteiger partial charge in [0.25, 0.3) is 0 Å². The van der Waals surface area contributed by atoms with E-state index in [4.69, 9.17) is 0 Å².